The van der Waals surface area contributed by atoms with E-state index in [1.807, 2.05) is 18.2 Å². The second-order valence-corrected chi connectivity index (χ2v) is 3.98. The number of hydrogen-bond donors (Lipinski definition) is 1. The van der Waals surface area contributed by atoms with Gasteiger partial charge < -0.3 is 10.2 Å². The van der Waals surface area contributed by atoms with E-state index in [0.29, 0.717) is 17.3 Å². The van der Waals surface area contributed by atoms with Crippen molar-refractivity contribution in [1.29, 1.82) is 0 Å². The van der Waals surface area contributed by atoms with Crippen molar-refractivity contribution in [3.05, 3.63) is 42.2 Å². The van der Waals surface area contributed by atoms with E-state index in [9.17, 15) is 0 Å². The van der Waals surface area contributed by atoms with E-state index >= 15 is 0 Å². The lowest BCUT2D eigenvalue weighted by atomic mass is 10.2. The third-order valence-electron chi connectivity index (χ3n) is 2.60. The number of anilines is 1. The fraction of sp³-hybridized carbons (Fsp3) is 0.0769. The minimum absolute atomic E-state index is 0.403. The van der Waals surface area contributed by atoms with Crippen molar-refractivity contribution in [3.8, 4) is 11.5 Å². The summed E-state index contributed by atoms with van der Waals surface area (Å²) in [4.78, 5) is 8.18. The van der Waals surface area contributed by atoms with Gasteiger partial charge in [0, 0.05) is 5.39 Å². The fourth-order valence-electron chi connectivity index (χ4n) is 1.75. The van der Waals surface area contributed by atoms with E-state index < -0.39 is 0 Å². The van der Waals surface area contributed by atoms with E-state index in [4.69, 9.17) is 10.2 Å². The summed E-state index contributed by atoms with van der Waals surface area (Å²) in [5, 5.41) is 1.07. The molecule has 84 valence electrons. The SMILES string of the molecule is Cc1ccc2oc(-c3cnc(N)cn3)cc2c1. The predicted octanol–water partition coefficient (Wildman–Crippen LogP) is 2.78. The van der Waals surface area contributed by atoms with Crippen LogP contribution in [0, 0.1) is 6.92 Å². The van der Waals surface area contributed by atoms with E-state index in [-0.39, 0.29) is 0 Å². The zero-order valence-electron chi connectivity index (χ0n) is 9.34. The van der Waals surface area contributed by atoms with Crippen molar-refractivity contribution >= 4 is 16.8 Å². The maximum Gasteiger partial charge on any atom is 0.155 e. The number of rotatable bonds is 1. The highest BCUT2D eigenvalue weighted by atomic mass is 16.3. The molecule has 0 aliphatic heterocycles. The highest BCUT2D eigenvalue weighted by Crippen LogP contribution is 2.26. The second kappa shape index (κ2) is 3.59. The lowest BCUT2D eigenvalue weighted by molar-refractivity contribution is 0.628. The molecular formula is C13H11N3O. The Kier molecular flexibility index (Phi) is 2.08. The highest BCUT2D eigenvalue weighted by Gasteiger charge is 2.07. The van der Waals surface area contributed by atoms with Crippen LogP contribution in [0.4, 0.5) is 5.82 Å². The summed E-state index contributed by atoms with van der Waals surface area (Å²) >= 11 is 0. The minimum Gasteiger partial charge on any atom is -0.454 e. The standard InChI is InChI=1S/C13H11N3O/c1-8-2-3-11-9(4-8)5-12(17-11)10-6-16-13(14)7-15-10/h2-7H,1H3,(H2,14,16). The van der Waals surface area contributed by atoms with E-state index in [1.165, 1.54) is 11.8 Å². The van der Waals surface area contributed by atoms with Gasteiger partial charge in [0.2, 0.25) is 0 Å². The number of hydrogen-bond acceptors (Lipinski definition) is 4. The van der Waals surface area contributed by atoms with Crippen molar-refractivity contribution < 1.29 is 4.42 Å². The van der Waals surface area contributed by atoms with Crippen LogP contribution >= 0.6 is 0 Å². The Morgan fingerprint density at radius 2 is 2.00 bits per heavy atom. The Morgan fingerprint density at radius 3 is 2.76 bits per heavy atom. The molecule has 0 aliphatic rings. The van der Waals surface area contributed by atoms with Gasteiger partial charge >= 0.3 is 0 Å². The van der Waals surface area contributed by atoms with Crippen LogP contribution in [0.25, 0.3) is 22.4 Å². The maximum absolute atomic E-state index is 5.71. The van der Waals surface area contributed by atoms with Gasteiger partial charge in [0.15, 0.2) is 5.76 Å². The van der Waals surface area contributed by atoms with Crippen molar-refractivity contribution in [2.75, 3.05) is 5.73 Å². The molecule has 0 spiro atoms. The molecule has 2 heterocycles. The average Bonchev–Trinajstić information content (AvgIpc) is 2.72. The molecule has 1 aromatic carbocycles. The first kappa shape index (κ1) is 9.84. The molecule has 0 saturated carbocycles. The van der Waals surface area contributed by atoms with Crippen molar-refractivity contribution in [1.82, 2.24) is 9.97 Å². The molecule has 0 amide bonds. The molecule has 0 unspecified atom stereocenters. The highest BCUT2D eigenvalue weighted by molar-refractivity contribution is 5.82. The van der Waals surface area contributed by atoms with Gasteiger partial charge in [0.25, 0.3) is 0 Å². The van der Waals surface area contributed by atoms with E-state index in [1.54, 1.807) is 6.20 Å². The molecule has 2 N–H and O–H groups in total. The van der Waals surface area contributed by atoms with Crippen molar-refractivity contribution in [2.45, 2.75) is 6.92 Å². The summed E-state index contributed by atoms with van der Waals surface area (Å²) < 4.78 is 5.71. The van der Waals surface area contributed by atoms with Crippen LogP contribution in [-0.2, 0) is 0 Å². The maximum atomic E-state index is 5.71. The van der Waals surface area contributed by atoms with Crippen LogP contribution < -0.4 is 5.73 Å². The van der Waals surface area contributed by atoms with Gasteiger partial charge in [-0.1, -0.05) is 11.6 Å². The molecule has 0 aliphatic carbocycles. The molecule has 0 fully saturated rings. The van der Waals surface area contributed by atoms with Crippen molar-refractivity contribution in [3.63, 3.8) is 0 Å². The van der Waals surface area contributed by atoms with E-state index in [2.05, 4.69) is 23.0 Å². The number of furan rings is 1. The third kappa shape index (κ3) is 1.73. The third-order valence-corrected chi connectivity index (χ3v) is 2.60. The molecule has 17 heavy (non-hydrogen) atoms. The Balaban J connectivity index is 2.14. The number of fused-ring (bicyclic) bond motifs is 1. The van der Waals surface area contributed by atoms with Crippen LogP contribution in [0.3, 0.4) is 0 Å². The van der Waals surface area contributed by atoms with Crippen molar-refractivity contribution in [2.24, 2.45) is 0 Å². The van der Waals surface area contributed by atoms with Gasteiger partial charge in [-0.2, -0.15) is 0 Å². The first-order chi connectivity index (χ1) is 8.22. The fourth-order valence-corrected chi connectivity index (χ4v) is 1.75. The van der Waals surface area contributed by atoms with Gasteiger partial charge in [-0.05, 0) is 25.1 Å². The van der Waals surface area contributed by atoms with Crippen LogP contribution in [0.5, 0.6) is 0 Å². The number of nitrogen functional groups attached to an aromatic ring is 1. The number of aromatic nitrogens is 2. The first-order valence-corrected chi connectivity index (χ1v) is 5.30. The summed E-state index contributed by atoms with van der Waals surface area (Å²) in [5.41, 5.74) is 8.24. The predicted molar refractivity (Wildman–Crippen MR) is 66.4 cm³/mol. The van der Waals surface area contributed by atoms with Gasteiger partial charge in [-0.25, -0.2) is 9.97 Å². The molecule has 3 aromatic rings. The lowest BCUT2D eigenvalue weighted by Crippen LogP contribution is -1.91. The molecule has 3 rings (SSSR count). The van der Waals surface area contributed by atoms with Gasteiger partial charge in [-0.3, -0.25) is 0 Å². The summed E-state index contributed by atoms with van der Waals surface area (Å²) in [6.45, 7) is 2.05. The van der Waals surface area contributed by atoms with Crippen LogP contribution in [0.2, 0.25) is 0 Å². The number of nitrogens with zero attached hydrogens (tertiary/aromatic N) is 2. The van der Waals surface area contributed by atoms with Crippen LogP contribution in [0.1, 0.15) is 5.56 Å². The number of aryl methyl sites for hydroxylation is 1. The summed E-state index contributed by atoms with van der Waals surface area (Å²) in [6.07, 6.45) is 3.13. The smallest absolute Gasteiger partial charge is 0.155 e. The minimum atomic E-state index is 0.403. The normalized spacial score (nSPS) is 10.9. The Bertz CT molecular complexity index is 671. The monoisotopic (exact) mass is 225 g/mol. The molecule has 0 atom stereocenters. The number of nitrogens with two attached hydrogens (primary N) is 1. The van der Waals surface area contributed by atoms with Crippen LogP contribution in [0.15, 0.2) is 41.1 Å². The van der Waals surface area contributed by atoms with Gasteiger partial charge in [0.05, 0.1) is 12.4 Å². The molecule has 0 radical (unpaired) electrons. The Labute approximate surface area is 98.1 Å². The summed E-state index contributed by atoms with van der Waals surface area (Å²) in [5.74, 6) is 1.11. The summed E-state index contributed by atoms with van der Waals surface area (Å²) in [7, 11) is 0. The Morgan fingerprint density at radius 1 is 1.12 bits per heavy atom. The molecular weight excluding hydrogens is 214 g/mol. The molecule has 0 saturated heterocycles. The largest absolute Gasteiger partial charge is 0.454 e. The molecule has 0 bridgehead atoms. The molecule has 4 nitrogen and oxygen atoms in total. The van der Waals surface area contributed by atoms with Crippen LogP contribution in [-0.4, -0.2) is 9.97 Å². The summed E-state index contributed by atoms with van der Waals surface area (Å²) in [6, 6.07) is 8.01. The average molecular weight is 225 g/mol. The molecule has 2 aromatic heterocycles. The Hall–Kier alpha value is -2.36. The molecule has 4 heteroatoms. The van der Waals surface area contributed by atoms with Gasteiger partial charge in [0.1, 0.15) is 17.1 Å². The van der Waals surface area contributed by atoms with E-state index in [0.717, 1.165) is 11.0 Å². The topological polar surface area (TPSA) is 64.9 Å². The first-order valence-electron chi connectivity index (χ1n) is 5.30. The van der Waals surface area contributed by atoms with Gasteiger partial charge in [-0.15, -0.1) is 0 Å². The zero-order chi connectivity index (χ0) is 11.8. The second-order valence-electron chi connectivity index (χ2n) is 3.98. The zero-order valence-corrected chi connectivity index (χ0v) is 9.34. The number of benzene rings is 1. The quantitative estimate of drug-likeness (QED) is 0.691. The lowest BCUT2D eigenvalue weighted by Gasteiger charge is -1.94.